The van der Waals surface area contributed by atoms with E-state index < -0.39 is 6.03 Å². The number of carbonyl (C=O) groups excluding carboxylic acids is 1. The van der Waals surface area contributed by atoms with Crippen molar-refractivity contribution in [1.82, 2.24) is 10.2 Å². The summed E-state index contributed by atoms with van der Waals surface area (Å²) in [5.74, 6) is 0.766. The number of hydrogen-bond acceptors (Lipinski definition) is 5. The van der Waals surface area contributed by atoms with E-state index in [0.717, 1.165) is 11.3 Å². The number of urea groups is 1. The van der Waals surface area contributed by atoms with Gasteiger partial charge < -0.3 is 10.1 Å². The Morgan fingerprint density at radius 2 is 2.00 bits per heavy atom. The van der Waals surface area contributed by atoms with Crippen LogP contribution in [0.4, 0.5) is 15.6 Å². The second-order valence-corrected chi connectivity index (χ2v) is 7.50. The van der Waals surface area contributed by atoms with Crippen LogP contribution in [-0.4, -0.2) is 16.2 Å². The molecule has 0 aliphatic carbocycles. The molecule has 0 saturated heterocycles. The number of anilines is 2. The van der Waals surface area contributed by atoms with Crippen molar-refractivity contribution in [2.45, 2.75) is 13.0 Å². The molecule has 0 atom stereocenters. The van der Waals surface area contributed by atoms with Crippen molar-refractivity contribution >= 4 is 51.4 Å². The quantitative estimate of drug-likeness (QED) is 0.460. The highest BCUT2D eigenvalue weighted by Gasteiger charge is 2.11. The number of allylic oxidation sites excluding steroid dienone is 1. The number of halogens is 2. The summed E-state index contributed by atoms with van der Waals surface area (Å²) in [5.41, 5.74) is 1.48. The summed E-state index contributed by atoms with van der Waals surface area (Å²) in [4.78, 5) is 12.1. The molecule has 6 nitrogen and oxygen atoms in total. The SMILES string of the molecule is C=CCc1ccccc1OCc1nnc(NC(=O)Nc2ccc(Cl)cc2Cl)s1. The number of rotatable bonds is 7. The maximum absolute atomic E-state index is 12.1. The fourth-order valence-corrected chi connectivity index (χ4v) is 3.42. The zero-order chi connectivity index (χ0) is 19.9. The fraction of sp³-hybridized carbons (Fsp3) is 0.105. The number of para-hydroxylation sites is 1. The first-order valence-electron chi connectivity index (χ1n) is 8.22. The molecular weight excluding hydrogens is 419 g/mol. The molecule has 0 fully saturated rings. The molecular formula is C19H16Cl2N4O2S. The summed E-state index contributed by atoms with van der Waals surface area (Å²) < 4.78 is 5.82. The molecule has 2 aromatic carbocycles. The average molecular weight is 435 g/mol. The number of ether oxygens (including phenoxy) is 1. The van der Waals surface area contributed by atoms with Crippen LogP contribution in [0.5, 0.6) is 5.75 Å². The van der Waals surface area contributed by atoms with Gasteiger partial charge in [0.05, 0.1) is 10.7 Å². The van der Waals surface area contributed by atoms with Gasteiger partial charge in [-0.25, -0.2) is 4.79 Å². The van der Waals surface area contributed by atoms with Gasteiger partial charge in [-0.2, -0.15) is 0 Å². The Hall–Kier alpha value is -2.61. The van der Waals surface area contributed by atoms with Gasteiger partial charge in [0.25, 0.3) is 0 Å². The lowest BCUT2D eigenvalue weighted by molar-refractivity contribution is 0.262. The normalized spacial score (nSPS) is 10.4. The first-order chi connectivity index (χ1) is 13.5. The van der Waals surface area contributed by atoms with E-state index in [1.54, 1.807) is 18.2 Å². The lowest BCUT2D eigenvalue weighted by Gasteiger charge is -2.08. The van der Waals surface area contributed by atoms with Crippen LogP contribution >= 0.6 is 34.5 Å². The predicted octanol–water partition coefficient (Wildman–Crippen LogP) is 5.80. The number of carbonyl (C=O) groups is 1. The van der Waals surface area contributed by atoms with Gasteiger partial charge in [0.15, 0.2) is 5.01 Å². The standard InChI is InChI=1S/C19H16Cl2N4O2S/c1-2-5-12-6-3-4-7-16(12)27-11-17-24-25-19(28-17)23-18(26)22-15-9-8-13(20)10-14(15)21/h2-4,6-10H,1,5,11H2,(H2,22,23,25,26). The Labute approximate surface area is 176 Å². The number of benzene rings is 2. The summed E-state index contributed by atoms with van der Waals surface area (Å²) in [6, 6.07) is 12.0. The molecule has 0 saturated carbocycles. The molecule has 0 radical (unpaired) electrons. The molecule has 1 aromatic heterocycles. The third-order valence-electron chi connectivity index (χ3n) is 3.55. The zero-order valence-corrected chi connectivity index (χ0v) is 16.9. The Balaban J connectivity index is 1.57. The minimum Gasteiger partial charge on any atom is -0.486 e. The van der Waals surface area contributed by atoms with E-state index in [9.17, 15) is 4.79 Å². The molecule has 0 aliphatic heterocycles. The van der Waals surface area contributed by atoms with Gasteiger partial charge in [0.2, 0.25) is 5.13 Å². The van der Waals surface area contributed by atoms with Crippen LogP contribution in [0, 0.1) is 0 Å². The minimum absolute atomic E-state index is 0.248. The van der Waals surface area contributed by atoms with E-state index in [-0.39, 0.29) is 6.61 Å². The topological polar surface area (TPSA) is 76.1 Å². The van der Waals surface area contributed by atoms with Crippen molar-refractivity contribution < 1.29 is 9.53 Å². The van der Waals surface area contributed by atoms with Crippen LogP contribution in [0.2, 0.25) is 10.0 Å². The van der Waals surface area contributed by atoms with E-state index in [1.165, 1.54) is 11.3 Å². The summed E-state index contributed by atoms with van der Waals surface area (Å²) in [5, 5.41) is 15.0. The van der Waals surface area contributed by atoms with Crippen LogP contribution < -0.4 is 15.4 Å². The van der Waals surface area contributed by atoms with Crippen LogP contribution in [-0.2, 0) is 13.0 Å². The lowest BCUT2D eigenvalue weighted by Crippen LogP contribution is -2.19. The summed E-state index contributed by atoms with van der Waals surface area (Å²) in [7, 11) is 0. The van der Waals surface area contributed by atoms with E-state index in [4.69, 9.17) is 27.9 Å². The maximum Gasteiger partial charge on any atom is 0.325 e. The van der Waals surface area contributed by atoms with Gasteiger partial charge in [-0.3, -0.25) is 5.32 Å². The molecule has 3 aromatic rings. The van der Waals surface area contributed by atoms with Crippen molar-refractivity contribution in [1.29, 1.82) is 0 Å². The minimum atomic E-state index is -0.482. The van der Waals surface area contributed by atoms with Crippen LogP contribution in [0.1, 0.15) is 10.6 Å². The molecule has 0 spiro atoms. The Kier molecular flexibility index (Phi) is 6.86. The molecule has 9 heteroatoms. The molecule has 2 amide bonds. The highest BCUT2D eigenvalue weighted by atomic mass is 35.5. The molecule has 0 unspecified atom stereocenters. The fourth-order valence-electron chi connectivity index (χ4n) is 2.31. The zero-order valence-electron chi connectivity index (χ0n) is 14.6. The Bertz CT molecular complexity index is 994. The predicted molar refractivity (Wildman–Crippen MR) is 114 cm³/mol. The summed E-state index contributed by atoms with van der Waals surface area (Å²) in [6.07, 6.45) is 2.53. The number of nitrogens with zero attached hydrogens (tertiary/aromatic N) is 2. The molecule has 144 valence electrons. The summed E-state index contributed by atoms with van der Waals surface area (Å²) in [6.45, 7) is 4.00. The number of nitrogens with one attached hydrogen (secondary N) is 2. The second-order valence-electron chi connectivity index (χ2n) is 5.59. The van der Waals surface area contributed by atoms with Crippen molar-refractivity contribution in [2.24, 2.45) is 0 Å². The van der Waals surface area contributed by atoms with Gasteiger partial charge in [0, 0.05) is 5.02 Å². The van der Waals surface area contributed by atoms with E-state index in [2.05, 4.69) is 27.4 Å². The molecule has 2 N–H and O–H groups in total. The van der Waals surface area contributed by atoms with Gasteiger partial charge >= 0.3 is 6.03 Å². The highest BCUT2D eigenvalue weighted by Crippen LogP contribution is 2.26. The second kappa shape index (κ2) is 9.54. The number of aromatic nitrogens is 2. The first kappa shape index (κ1) is 20.1. The van der Waals surface area contributed by atoms with Gasteiger partial charge in [-0.1, -0.05) is 58.8 Å². The molecule has 3 rings (SSSR count). The van der Waals surface area contributed by atoms with Crippen molar-refractivity contribution in [3.8, 4) is 5.75 Å². The first-order valence-corrected chi connectivity index (χ1v) is 9.79. The number of amides is 2. The monoisotopic (exact) mass is 434 g/mol. The number of hydrogen-bond donors (Lipinski definition) is 2. The third-order valence-corrected chi connectivity index (χ3v) is 4.91. The molecule has 0 bridgehead atoms. The van der Waals surface area contributed by atoms with Crippen LogP contribution in [0.3, 0.4) is 0 Å². The van der Waals surface area contributed by atoms with Gasteiger partial charge in [-0.15, -0.1) is 16.8 Å². The molecule has 28 heavy (non-hydrogen) atoms. The van der Waals surface area contributed by atoms with Crippen LogP contribution in [0.25, 0.3) is 0 Å². The van der Waals surface area contributed by atoms with Crippen molar-refractivity contribution in [3.05, 3.63) is 75.7 Å². The van der Waals surface area contributed by atoms with Crippen molar-refractivity contribution in [2.75, 3.05) is 10.6 Å². The Morgan fingerprint density at radius 3 is 2.79 bits per heavy atom. The van der Waals surface area contributed by atoms with Crippen LogP contribution in [0.15, 0.2) is 55.1 Å². The largest absolute Gasteiger partial charge is 0.486 e. The molecule has 0 aliphatic rings. The smallest absolute Gasteiger partial charge is 0.325 e. The average Bonchev–Trinajstić information content (AvgIpc) is 3.11. The lowest BCUT2D eigenvalue weighted by atomic mass is 10.1. The maximum atomic E-state index is 12.1. The summed E-state index contributed by atoms with van der Waals surface area (Å²) >= 11 is 13.1. The molecule has 1 heterocycles. The Morgan fingerprint density at radius 1 is 1.18 bits per heavy atom. The van der Waals surface area contributed by atoms with E-state index >= 15 is 0 Å². The van der Waals surface area contributed by atoms with Crippen molar-refractivity contribution in [3.63, 3.8) is 0 Å². The van der Waals surface area contributed by atoms with Gasteiger partial charge in [-0.05, 0) is 36.2 Å². The highest BCUT2D eigenvalue weighted by molar-refractivity contribution is 7.15. The third kappa shape index (κ3) is 5.45. The van der Waals surface area contributed by atoms with E-state index in [0.29, 0.717) is 32.3 Å². The van der Waals surface area contributed by atoms with E-state index in [1.807, 2.05) is 30.3 Å². The van der Waals surface area contributed by atoms with Gasteiger partial charge in [0.1, 0.15) is 12.4 Å².